The number of pyridine rings is 3. The summed E-state index contributed by atoms with van der Waals surface area (Å²) < 4.78 is 0. The van der Waals surface area contributed by atoms with Crippen LogP contribution in [-0.2, 0) is 45.8 Å². The summed E-state index contributed by atoms with van der Waals surface area (Å²) in [5, 5.41) is 0. The quantitative estimate of drug-likeness (QED) is 0.108. The van der Waals surface area contributed by atoms with Crippen LogP contribution in [0.4, 0.5) is 0 Å². The molecule has 0 aliphatic carbocycles. The van der Waals surface area contributed by atoms with Crippen molar-refractivity contribution in [2.45, 2.75) is 32.6 Å². The van der Waals surface area contributed by atoms with E-state index in [2.05, 4.69) is 187 Å². The molecule has 0 radical (unpaired) electrons. The normalized spacial score (nSPS) is 10.9. The zero-order valence-electron chi connectivity index (χ0n) is 36.7. The predicted octanol–water partition coefficient (Wildman–Crippen LogP) is 14.8. The van der Waals surface area contributed by atoms with Crippen LogP contribution in [-0.4, -0.2) is 15.0 Å². The first-order chi connectivity index (χ1) is 32.1. The van der Waals surface area contributed by atoms with E-state index in [4.69, 9.17) is 4.98 Å². The van der Waals surface area contributed by atoms with E-state index in [1.54, 1.807) is 0 Å². The summed E-state index contributed by atoms with van der Waals surface area (Å²) in [7, 11) is 0. The molecule has 3 nitrogen and oxygen atoms in total. The number of benzene rings is 7. The van der Waals surface area contributed by atoms with Gasteiger partial charge in [-0.3, -0.25) is 0 Å². The van der Waals surface area contributed by atoms with Crippen molar-refractivity contribution in [1.82, 2.24) is 15.0 Å². The van der Waals surface area contributed by atoms with Gasteiger partial charge in [0.15, 0.2) is 0 Å². The molecule has 10 rings (SSSR count). The third-order valence-corrected chi connectivity index (χ3v) is 12.1. The summed E-state index contributed by atoms with van der Waals surface area (Å²) in [5.41, 5.74) is 21.4. The molecule has 0 spiro atoms. The van der Waals surface area contributed by atoms with Gasteiger partial charge in [0.05, 0.1) is 0 Å². The Balaban J connectivity index is 0.00000548. The topological polar surface area (TPSA) is 38.7 Å². The second kappa shape index (κ2) is 20.6. The van der Waals surface area contributed by atoms with Crippen LogP contribution < -0.4 is 0 Å². The van der Waals surface area contributed by atoms with Crippen molar-refractivity contribution in [2.75, 3.05) is 0 Å². The maximum atomic E-state index is 4.76. The summed E-state index contributed by atoms with van der Waals surface area (Å²) in [6.07, 6.45) is 9.14. The molecule has 7 aromatic carbocycles. The van der Waals surface area contributed by atoms with Crippen LogP contribution in [0.1, 0.15) is 27.8 Å². The summed E-state index contributed by atoms with van der Waals surface area (Å²) >= 11 is 0. The molecule has 318 valence electrons. The van der Waals surface area contributed by atoms with E-state index in [1.165, 1.54) is 50.1 Å². The van der Waals surface area contributed by atoms with Crippen LogP contribution in [0, 0.1) is 25.1 Å². The van der Waals surface area contributed by atoms with Crippen molar-refractivity contribution < 1.29 is 20.1 Å². The minimum Gasteiger partial charge on any atom is -0.305 e. The summed E-state index contributed by atoms with van der Waals surface area (Å²) in [6, 6.07) is 79.7. The van der Waals surface area contributed by atoms with Crippen molar-refractivity contribution >= 4 is 0 Å². The number of hydrogen-bond donors (Lipinski definition) is 0. The summed E-state index contributed by atoms with van der Waals surface area (Å²) in [6.45, 7) is 2.11. The number of aryl methyl sites for hydroxylation is 5. The Hall–Kier alpha value is -7.36. The molecule has 0 saturated carbocycles. The molecule has 0 aliphatic rings. The van der Waals surface area contributed by atoms with Crippen molar-refractivity contribution in [3.63, 3.8) is 0 Å². The second-order valence-electron chi connectivity index (χ2n) is 16.6. The molecule has 0 fully saturated rings. The molecule has 0 N–H and O–H groups in total. The zero-order chi connectivity index (χ0) is 43.8. The maximum absolute atomic E-state index is 4.76. The fourth-order valence-electron chi connectivity index (χ4n) is 8.60. The van der Waals surface area contributed by atoms with Gasteiger partial charge in [-0.2, -0.15) is 0 Å². The molecule has 0 bridgehead atoms. The number of nitrogens with zero attached hydrogens (tertiary/aromatic N) is 3. The van der Waals surface area contributed by atoms with E-state index in [9.17, 15) is 0 Å². The minimum absolute atomic E-state index is 0. The van der Waals surface area contributed by atoms with Crippen molar-refractivity contribution in [1.29, 1.82) is 0 Å². The van der Waals surface area contributed by atoms with E-state index in [0.29, 0.717) is 0 Å². The van der Waals surface area contributed by atoms with Gasteiger partial charge >= 0.3 is 20.1 Å². The first kappa shape index (κ1) is 43.9. The molecule has 3 heterocycles. The standard InChI is InChI=1S/C62H46N3.Ir/c1-44-35-38-65-62(39-44)54-33-34-58(59(43-54)51-31-29-50(30-32-51)49-11-3-2-4-12-49)57-14-6-5-13-56(57)55-41-47(19-17-45-21-25-52(26-22-45)60-15-7-9-36-63-60)40-48(42-55)20-18-46-23-27-53(28-24-46)61-16-8-10-37-64-61;/h2-16,21-25,27,29-32,34-43H,17-20H2,1H3;/q-3;+3. The molecule has 3 aromatic heterocycles. The molecule has 66 heavy (non-hydrogen) atoms. The van der Waals surface area contributed by atoms with Crippen molar-refractivity contribution in [2.24, 2.45) is 0 Å². The Kier molecular flexibility index (Phi) is 13.7. The fraction of sp³-hybridized carbons (Fsp3) is 0.0806. The van der Waals surface area contributed by atoms with Crippen LogP contribution in [0.2, 0.25) is 0 Å². The molecule has 10 aromatic rings. The smallest absolute Gasteiger partial charge is 0.305 e. The average Bonchev–Trinajstić information content (AvgIpc) is 3.38. The molecule has 0 amide bonds. The van der Waals surface area contributed by atoms with Crippen molar-refractivity contribution in [3.8, 4) is 78.3 Å². The van der Waals surface area contributed by atoms with Gasteiger partial charge < -0.3 is 15.0 Å². The monoisotopic (exact) mass is 1030 g/mol. The fourth-order valence-corrected chi connectivity index (χ4v) is 8.60. The van der Waals surface area contributed by atoms with Gasteiger partial charge in [-0.15, -0.1) is 94.5 Å². The third-order valence-electron chi connectivity index (χ3n) is 12.1. The largest absolute Gasteiger partial charge is 3.00 e. The second-order valence-corrected chi connectivity index (χ2v) is 16.6. The molecule has 4 heteroatoms. The Bertz CT molecular complexity index is 3060. The molecular weight excluding hydrogens is 979 g/mol. The molecule has 0 unspecified atom stereocenters. The van der Waals surface area contributed by atoms with Crippen LogP contribution in [0.3, 0.4) is 0 Å². The molecule has 0 aliphatic heterocycles. The summed E-state index contributed by atoms with van der Waals surface area (Å²) in [4.78, 5) is 13.8. The van der Waals surface area contributed by atoms with Crippen LogP contribution >= 0.6 is 0 Å². The Morgan fingerprint density at radius 2 is 0.864 bits per heavy atom. The third kappa shape index (κ3) is 10.3. The van der Waals surface area contributed by atoms with Crippen LogP contribution in [0.5, 0.6) is 0 Å². The van der Waals surface area contributed by atoms with E-state index >= 15 is 0 Å². The Morgan fingerprint density at radius 1 is 0.333 bits per heavy atom. The number of aromatic nitrogens is 3. The first-order valence-corrected chi connectivity index (χ1v) is 22.3. The first-order valence-electron chi connectivity index (χ1n) is 22.3. The van der Waals surface area contributed by atoms with Gasteiger partial charge in [-0.1, -0.05) is 162 Å². The van der Waals surface area contributed by atoms with Gasteiger partial charge in [-0.05, 0) is 94.0 Å². The zero-order valence-corrected chi connectivity index (χ0v) is 39.1. The van der Waals surface area contributed by atoms with E-state index in [0.717, 1.165) is 81.7 Å². The van der Waals surface area contributed by atoms with Crippen LogP contribution in [0.15, 0.2) is 213 Å². The van der Waals surface area contributed by atoms with Gasteiger partial charge in [0, 0.05) is 18.6 Å². The van der Waals surface area contributed by atoms with E-state index in [-0.39, 0.29) is 20.1 Å². The number of rotatable bonds is 13. The molecule has 0 saturated heterocycles. The molecule has 0 atom stereocenters. The average molecular weight is 1030 g/mol. The van der Waals surface area contributed by atoms with Crippen LogP contribution in [0.25, 0.3) is 78.3 Å². The number of hydrogen-bond acceptors (Lipinski definition) is 3. The van der Waals surface area contributed by atoms with E-state index in [1.807, 2.05) is 61.1 Å². The predicted molar refractivity (Wildman–Crippen MR) is 267 cm³/mol. The SMILES string of the molecule is Cc1ccnc(-c2[c-]cc(-c3ccccc3-c3cc(CCc4c[c-]c(-c5ccccn5)cc4)cc(CCc4c[c-]c(-c5ccccn5)cc4)c3)c(-c3ccc(-c4ccccc4)cc3)c2)c1.[Ir+3]. The van der Waals surface area contributed by atoms with Gasteiger partial charge in [0.25, 0.3) is 0 Å². The summed E-state index contributed by atoms with van der Waals surface area (Å²) in [5.74, 6) is 0. The van der Waals surface area contributed by atoms with Gasteiger partial charge in [0.1, 0.15) is 0 Å². The minimum atomic E-state index is 0. The van der Waals surface area contributed by atoms with Crippen molar-refractivity contribution in [3.05, 3.63) is 259 Å². The Labute approximate surface area is 402 Å². The molecular formula is C62H46IrN3. The maximum Gasteiger partial charge on any atom is 3.00 e. The van der Waals surface area contributed by atoms with Gasteiger partial charge in [0.2, 0.25) is 0 Å². The van der Waals surface area contributed by atoms with E-state index < -0.39 is 0 Å². The van der Waals surface area contributed by atoms with Gasteiger partial charge in [-0.25, -0.2) is 0 Å². The Morgan fingerprint density at radius 3 is 1.44 bits per heavy atom.